The van der Waals surface area contributed by atoms with Gasteiger partial charge in [-0.2, -0.15) is 5.26 Å². The smallest absolute Gasteiger partial charge is 0.144 e. The monoisotopic (exact) mass is 371 g/mol. The standard InChI is InChI=1S/C23H24F3N/c1-2-3-4-5-6-15-11-20(24)22(21(25)12-15)17-9-10-19-16(13-17)7-8-18(14-27)23(19)26/h7-8,11-12,17H,2-6,9-10,13H2,1H3. The van der Waals surface area contributed by atoms with Crippen LogP contribution in [-0.2, 0) is 19.3 Å². The molecule has 1 unspecified atom stereocenters. The first-order valence-electron chi connectivity index (χ1n) is 9.73. The van der Waals surface area contributed by atoms with Crippen molar-refractivity contribution in [3.8, 4) is 6.07 Å². The molecule has 142 valence electrons. The number of hydrogen-bond donors (Lipinski definition) is 0. The van der Waals surface area contributed by atoms with Crippen LogP contribution in [0.5, 0.6) is 0 Å². The molecule has 3 rings (SSSR count). The van der Waals surface area contributed by atoms with Crippen LogP contribution in [0.25, 0.3) is 0 Å². The van der Waals surface area contributed by atoms with E-state index in [0.717, 1.165) is 31.2 Å². The van der Waals surface area contributed by atoms with Crippen molar-refractivity contribution in [1.82, 2.24) is 0 Å². The molecule has 0 bridgehead atoms. The lowest BCUT2D eigenvalue weighted by Gasteiger charge is -2.26. The molecule has 0 fully saturated rings. The van der Waals surface area contributed by atoms with Gasteiger partial charge < -0.3 is 0 Å². The first-order chi connectivity index (χ1) is 13.0. The molecule has 1 aliphatic carbocycles. The fourth-order valence-corrected chi connectivity index (χ4v) is 4.07. The summed E-state index contributed by atoms with van der Waals surface area (Å²) in [5, 5.41) is 8.95. The number of rotatable bonds is 6. The van der Waals surface area contributed by atoms with Crippen molar-refractivity contribution >= 4 is 0 Å². The minimum absolute atomic E-state index is 0.0250. The predicted octanol–water partition coefficient (Wildman–Crippen LogP) is 6.37. The normalized spacial score (nSPS) is 16.0. The van der Waals surface area contributed by atoms with Crippen LogP contribution < -0.4 is 0 Å². The van der Waals surface area contributed by atoms with Crippen LogP contribution in [-0.4, -0.2) is 0 Å². The maximum atomic E-state index is 14.7. The number of nitriles is 1. The van der Waals surface area contributed by atoms with E-state index in [4.69, 9.17) is 5.26 Å². The van der Waals surface area contributed by atoms with Crippen LogP contribution in [0.3, 0.4) is 0 Å². The van der Waals surface area contributed by atoms with Crippen LogP contribution in [0.4, 0.5) is 13.2 Å². The largest absolute Gasteiger partial charge is 0.207 e. The van der Waals surface area contributed by atoms with E-state index in [1.165, 1.54) is 18.2 Å². The number of benzene rings is 2. The van der Waals surface area contributed by atoms with Crippen molar-refractivity contribution in [2.45, 2.75) is 64.2 Å². The SMILES string of the molecule is CCCCCCc1cc(F)c(C2CCc3c(ccc(C#N)c3F)C2)c(F)c1. The Kier molecular flexibility index (Phi) is 6.21. The fourth-order valence-electron chi connectivity index (χ4n) is 4.07. The molecule has 0 radical (unpaired) electrons. The van der Waals surface area contributed by atoms with Crippen molar-refractivity contribution < 1.29 is 13.2 Å². The summed E-state index contributed by atoms with van der Waals surface area (Å²) >= 11 is 0. The maximum Gasteiger partial charge on any atom is 0.144 e. The Hall–Kier alpha value is -2.28. The number of unbranched alkanes of at least 4 members (excludes halogenated alkanes) is 3. The van der Waals surface area contributed by atoms with Crippen molar-refractivity contribution in [3.05, 3.63) is 69.5 Å². The van der Waals surface area contributed by atoms with E-state index in [1.54, 1.807) is 6.07 Å². The molecule has 0 N–H and O–H groups in total. The first kappa shape index (κ1) is 19.5. The number of hydrogen-bond acceptors (Lipinski definition) is 1. The molecule has 27 heavy (non-hydrogen) atoms. The van der Waals surface area contributed by atoms with Gasteiger partial charge in [0, 0.05) is 5.56 Å². The average Bonchev–Trinajstić information content (AvgIpc) is 2.65. The van der Waals surface area contributed by atoms with E-state index in [-0.39, 0.29) is 17.0 Å². The summed E-state index contributed by atoms with van der Waals surface area (Å²) in [6.45, 7) is 2.13. The lowest BCUT2D eigenvalue weighted by atomic mass is 9.79. The topological polar surface area (TPSA) is 23.8 Å². The third-order valence-electron chi connectivity index (χ3n) is 5.54. The number of fused-ring (bicyclic) bond motifs is 1. The van der Waals surface area contributed by atoms with Gasteiger partial charge in [0.2, 0.25) is 0 Å². The Balaban J connectivity index is 1.79. The van der Waals surface area contributed by atoms with Crippen LogP contribution in [0.1, 0.15) is 72.8 Å². The highest BCUT2D eigenvalue weighted by molar-refractivity contribution is 5.43. The third-order valence-corrected chi connectivity index (χ3v) is 5.54. The summed E-state index contributed by atoms with van der Waals surface area (Å²) in [5.41, 5.74) is 2.09. The van der Waals surface area contributed by atoms with E-state index < -0.39 is 17.5 Å². The first-order valence-corrected chi connectivity index (χ1v) is 9.73. The van der Waals surface area contributed by atoms with Gasteiger partial charge in [-0.1, -0.05) is 32.3 Å². The van der Waals surface area contributed by atoms with Crippen molar-refractivity contribution in [2.75, 3.05) is 0 Å². The van der Waals surface area contributed by atoms with Gasteiger partial charge in [-0.25, -0.2) is 13.2 Å². The summed E-state index contributed by atoms with van der Waals surface area (Å²) in [4.78, 5) is 0. The Labute approximate surface area is 158 Å². The van der Waals surface area contributed by atoms with Gasteiger partial charge in [-0.15, -0.1) is 0 Å². The molecule has 0 aliphatic heterocycles. The molecule has 1 atom stereocenters. The number of nitrogens with zero attached hydrogens (tertiary/aromatic N) is 1. The Bertz CT molecular complexity index is 844. The zero-order valence-electron chi connectivity index (χ0n) is 15.6. The zero-order valence-corrected chi connectivity index (χ0v) is 15.6. The van der Waals surface area contributed by atoms with Gasteiger partial charge in [-0.3, -0.25) is 0 Å². The number of aryl methyl sites for hydroxylation is 1. The molecule has 4 heteroatoms. The number of halogens is 3. The summed E-state index contributed by atoms with van der Waals surface area (Å²) in [6.07, 6.45) is 6.20. The van der Waals surface area contributed by atoms with E-state index in [2.05, 4.69) is 6.92 Å². The van der Waals surface area contributed by atoms with Crippen molar-refractivity contribution in [3.63, 3.8) is 0 Å². The summed E-state index contributed by atoms with van der Waals surface area (Å²) in [7, 11) is 0. The second-order valence-corrected chi connectivity index (χ2v) is 7.40. The molecule has 2 aromatic rings. The summed E-state index contributed by atoms with van der Waals surface area (Å²) in [6, 6.07) is 7.91. The maximum absolute atomic E-state index is 14.7. The van der Waals surface area contributed by atoms with Crippen molar-refractivity contribution in [2.24, 2.45) is 0 Å². The van der Waals surface area contributed by atoms with Gasteiger partial charge in [0.05, 0.1) is 5.56 Å². The third kappa shape index (κ3) is 4.18. The van der Waals surface area contributed by atoms with E-state index in [9.17, 15) is 13.2 Å². The molecule has 1 aliphatic rings. The van der Waals surface area contributed by atoms with Gasteiger partial charge in [0.1, 0.15) is 23.5 Å². The van der Waals surface area contributed by atoms with Crippen LogP contribution in [0.15, 0.2) is 24.3 Å². The lowest BCUT2D eigenvalue weighted by molar-refractivity contribution is 0.480. The van der Waals surface area contributed by atoms with Crippen LogP contribution in [0.2, 0.25) is 0 Å². The highest BCUT2D eigenvalue weighted by atomic mass is 19.1. The minimum Gasteiger partial charge on any atom is -0.207 e. The molecule has 1 nitrogen and oxygen atoms in total. The second-order valence-electron chi connectivity index (χ2n) is 7.40. The van der Waals surface area contributed by atoms with Gasteiger partial charge in [0.15, 0.2) is 0 Å². The van der Waals surface area contributed by atoms with Crippen LogP contribution >= 0.6 is 0 Å². The van der Waals surface area contributed by atoms with Gasteiger partial charge in [0.25, 0.3) is 0 Å². The van der Waals surface area contributed by atoms with Crippen LogP contribution in [0, 0.1) is 28.8 Å². The Morgan fingerprint density at radius 2 is 1.81 bits per heavy atom. The van der Waals surface area contributed by atoms with E-state index in [1.807, 2.05) is 6.07 Å². The van der Waals surface area contributed by atoms with Crippen molar-refractivity contribution in [1.29, 1.82) is 5.26 Å². The molecule has 0 amide bonds. The lowest BCUT2D eigenvalue weighted by Crippen LogP contribution is -2.17. The fraction of sp³-hybridized carbons (Fsp3) is 0.435. The van der Waals surface area contributed by atoms with E-state index in [0.29, 0.717) is 36.8 Å². The zero-order chi connectivity index (χ0) is 19.4. The molecule has 0 spiro atoms. The highest BCUT2D eigenvalue weighted by Gasteiger charge is 2.28. The molecule has 0 saturated heterocycles. The predicted molar refractivity (Wildman–Crippen MR) is 100 cm³/mol. The molecule has 0 aromatic heterocycles. The van der Waals surface area contributed by atoms with E-state index >= 15 is 0 Å². The Morgan fingerprint density at radius 3 is 2.48 bits per heavy atom. The van der Waals surface area contributed by atoms with Gasteiger partial charge in [-0.05, 0) is 72.9 Å². The minimum atomic E-state index is -0.497. The molecule has 0 saturated carbocycles. The highest BCUT2D eigenvalue weighted by Crippen LogP contribution is 2.37. The summed E-state index contributed by atoms with van der Waals surface area (Å²) in [5.74, 6) is -1.79. The second kappa shape index (κ2) is 8.61. The van der Waals surface area contributed by atoms with Gasteiger partial charge >= 0.3 is 0 Å². The Morgan fingerprint density at radius 1 is 1.07 bits per heavy atom. The quantitative estimate of drug-likeness (QED) is 0.541. The molecular weight excluding hydrogens is 347 g/mol. The summed E-state index contributed by atoms with van der Waals surface area (Å²) < 4.78 is 43.7. The molecule has 0 heterocycles. The molecular formula is C23H24F3N. The average molecular weight is 371 g/mol. The molecule has 2 aromatic carbocycles.